The fourth-order valence-corrected chi connectivity index (χ4v) is 1.65. The maximum Gasteiger partial charge on any atom is 0.217 e. The molecule has 0 radical (unpaired) electrons. The Balaban J connectivity index is 2.57. The van der Waals surface area contributed by atoms with Gasteiger partial charge in [-0.15, -0.1) is 0 Å². The van der Waals surface area contributed by atoms with Crippen molar-refractivity contribution in [3.05, 3.63) is 47.0 Å². The van der Waals surface area contributed by atoms with Gasteiger partial charge in [0.2, 0.25) is 5.78 Å². The number of rotatable bonds is 3. The average Bonchev–Trinajstić information content (AvgIpc) is 2.76. The van der Waals surface area contributed by atoms with Crippen LogP contribution >= 0.6 is 0 Å². The number of hydrogen-bond donors (Lipinski definition) is 0. The Morgan fingerprint density at radius 3 is 2.58 bits per heavy atom. The molecule has 0 atom stereocenters. The Hall–Kier alpha value is -2.31. The lowest BCUT2D eigenvalue weighted by atomic mass is 10.1. The van der Waals surface area contributed by atoms with Gasteiger partial charge in [0.1, 0.15) is 0 Å². The summed E-state index contributed by atoms with van der Waals surface area (Å²) in [6.07, 6.45) is 1.27. The van der Waals surface area contributed by atoms with Crippen molar-refractivity contribution in [1.29, 1.82) is 0 Å². The van der Waals surface area contributed by atoms with Gasteiger partial charge in [0, 0.05) is 7.05 Å². The number of ether oxygens (including phenoxy) is 1. The first-order chi connectivity index (χ1) is 8.97. The predicted molar refractivity (Wildman–Crippen MR) is 59.5 cm³/mol. The molecule has 7 heteroatoms. The molecular weight excluding hydrogens is 261 g/mol. The van der Waals surface area contributed by atoms with Gasteiger partial charge in [0.05, 0.1) is 18.9 Å². The Labute approximate surface area is 106 Å². The van der Waals surface area contributed by atoms with Crippen molar-refractivity contribution in [1.82, 2.24) is 9.78 Å². The molecule has 100 valence electrons. The standard InChI is InChI=1S/C12H9F3N2O2/c1-17-11(8(19-2)5-16-17)12(18)6-3-4-7(13)10(15)9(6)14/h3-5H,1-2H3. The van der Waals surface area contributed by atoms with Gasteiger partial charge in [-0.3, -0.25) is 9.48 Å². The largest absolute Gasteiger partial charge is 0.493 e. The second-order valence-electron chi connectivity index (χ2n) is 3.74. The zero-order chi connectivity index (χ0) is 14.2. The molecule has 1 heterocycles. The Morgan fingerprint density at radius 1 is 1.26 bits per heavy atom. The lowest BCUT2D eigenvalue weighted by Gasteiger charge is -2.06. The van der Waals surface area contributed by atoms with Crippen LogP contribution in [0.2, 0.25) is 0 Å². The summed E-state index contributed by atoms with van der Waals surface area (Å²) >= 11 is 0. The van der Waals surface area contributed by atoms with Crippen LogP contribution in [0.3, 0.4) is 0 Å². The first-order valence-corrected chi connectivity index (χ1v) is 5.21. The molecule has 0 amide bonds. The SMILES string of the molecule is COc1cnn(C)c1C(=O)c1ccc(F)c(F)c1F. The summed E-state index contributed by atoms with van der Waals surface area (Å²) in [4.78, 5) is 12.1. The van der Waals surface area contributed by atoms with E-state index in [1.54, 1.807) is 0 Å². The second kappa shape index (κ2) is 4.75. The molecule has 0 aliphatic carbocycles. The van der Waals surface area contributed by atoms with E-state index in [1.807, 2.05) is 0 Å². The molecule has 0 saturated carbocycles. The van der Waals surface area contributed by atoms with E-state index < -0.39 is 28.8 Å². The highest BCUT2D eigenvalue weighted by Gasteiger charge is 2.25. The third kappa shape index (κ3) is 2.07. The average molecular weight is 270 g/mol. The second-order valence-corrected chi connectivity index (χ2v) is 3.74. The number of carbonyl (C=O) groups excluding carboxylic acids is 1. The topological polar surface area (TPSA) is 44.1 Å². The molecule has 19 heavy (non-hydrogen) atoms. The highest BCUT2D eigenvalue weighted by Crippen LogP contribution is 2.23. The van der Waals surface area contributed by atoms with E-state index in [0.29, 0.717) is 6.07 Å². The van der Waals surface area contributed by atoms with Gasteiger partial charge in [0.25, 0.3) is 0 Å². The molecule has 0 N–H and O–H groups in total. The quantitative estimate of drug-likeness (QED) is 0.633. The number of ketones is 1. The van der Waals surface area contributed by atoms with Crippen molar-refractivity contribution in [2.24, 2.45) is 7.05 Å². The van der Waals surface area contributed by atoms with E-state index in [9.17, 15) is 18.0 Å². The molecule has 2 rings (SSSR count). The minimum absolute atomic E-state index is 0.0487. The third-order valence-corrected chi connectivity index (χ3v) is 2.62. The first kappa shape index (κ1) is 13.1. The summed E-state index contributed by atoms with van der Waals surface area (Å²) in [5, 5.41) is 3.78. The van der Waals surface area contributed by atoms with Crippen LogP contribution in [0.5, 0.6) is 5.75 Å². The Bertz CT molecular complexity index is 653. The molecule has 0 saturated heterocycles. The lowest BCUT2D eigenvalue weighted by molar-refractivity contribution is 0.102. The van der Waals surface area contributed by atoms with E-state index in [2.05, 4.69) is 5.10 Å². The number of carbonyl (C=O) groups is 1. The smallest absolute Gasteiger partial charge is 0.217 e. The van der Waals surface area contributed by atoms with Crippen molar-refractivity contribution in [3.63, 3.8) is 0 Å². The molecule has 0 aliphatic heterocycles. The van der Waals surface area contributed by atoms with Gasteiger partial charge in [0.15, 0.2) is 28.9 Å². The molecule has 2 aromatic rings. The van der Waals surface area contributed by atoms with Crippen LogP contribution in [0.1, 0.15) is 16.1 Å². The van der Waals surface area contributed by atoms with Crippen LogP contribution in [0.4, 0.5) is 13.2 Å². The Morgan fingerprint density at radius 2 is 1.95 bits per heavy atom. The van der Waals surface area contributed by atoms with Crippen molar-refractivity contribution < 1.29 is 22.7 Å². The summed E-state index contributed by atoms with van der Waals surface area (Å²) < 4.78 is 45.6. The van der Waals surface area contributed by atoms with Gasteiger partial charge in [-0.25, -0.2) is 13.2 Å². The van der Waals surface area contributed by atoms with E-state index in [4.69, 9.17) is 4.74 Å². The maximum absolute atomic E-state index is 13.6. The summed E-state index contributed by atoms with van der Waals surface area (Å²) in [7, 11) is 2.77. The minimum atomic E-state index is -1.69. The molecule has 0 spiro atoms. The van der Waals surface area contributed by atoms with Crippen LogP contribution in [-0.4, -0.2) is 22.7 Å². The van der Waals surface area contributed by atoms with Crippen LogP contribution in [0, 0.1) is 17.5 Å². The van der Waals surface area contributed by atoms with Crippen LogP contribution in [-0.2, 0) is 7.05 Å². The molecule has 0 unspecified atom stereocenters. The monoisotopic (exact) mass is 270 g/mol. The number of benzene rings is 1. The van der Waals surface area contributed by atoms with Crippen molar-refractivity contribution in [2.75, 3.05) is 7.11 Å². The van der Waals surface area contributed by atoms with Crippen molar-refractivity contribution in [2.45, 2.75) is 0 Å². The number of methoxy groups -OCH3 is 1. The maximum atomic E-state index is 13.6. The molecular formula is C12H9F3N2O2. The fourth-order valence-electron chi connectivity index (χ4n) is 1.65. The summed E-state index contributed by atoms with van der Waals surface area (Å²) in [6, 6.07) is 1.57. The van der Waals surface area contributed by atoms with Crippen LogP contribution in [0.25, 0.3) is 0 Å². The van der Waals surface area contributed by atoms with Gasteiger partial charge < -0.3 is 4.74 Å². The Kier molecular flexibility index (Phi) is 3.28. The molecule has 4 nitrogen and oxygen atoms in total. The molecule has 0 bridgehead atoms. The van der Waals surface area contributed by atoms with Crippen molar-refractivity contribution >= 4 is 5.78 Å². The summed E-state index contributed by atoms with van der Waals surface area (Å²) in [6.45, 7) is 0. The number of aromatic nitrogens is 2. The van der Waals surface area contributed by atoms with E-state index in [1.165, 1.54) is 25.0 Å². The zero-order valence-corrected chi connectivity index (χ0v) is 10.1. The predicted octanol–water partition coefficient (Wildman–Crippen LogP) is 2.08. The number of nitrogens with zero attached hydrogens (tertiary/aromatic N) is 2. The van der Waals surface area contributed by atoms with E-state index >= 15 is 0 Å². The van der Waals surface area contributed by atoms with Crippen LogP contribution in [0.15, 0.2) is 18.3 Å². The highest BCUT2D eigenvalue weighted by molar-refractivity contribution is 6.09. The normalized spacial score (nSPS) is 10.6. The molecule has 0 fully saturated rings. The van der Waals surface area contributed by atoms with Crippen molar-refractivity contribution in [3.8, 4) is 5.75 Å². The number of aryl methyl sites for hydroxylation is 1. The molecule has 0 aliphatic rings. The van der Waals surface area contributed by atoms with E-state index in [-0.39, 0.29) is 11.4 Å². The number of hydrogen-bond acceptors (Lipinski definition) is 3. The van der Waals surface area contributed by atoms with Gasteiger partial charge in [-0.1, -0.05) is 0 Å². The lowest BCUT2D eigenvalue weighted by Crippen LogP contribution is -2.12. The minimum Gasteiger partial charge on any atom is -0.493 e. The van der Waals surface area contributed by atoms with Crippen LogP contribution < -0.4 is 4.74 Å². The first-order valence-electron chi connectivity index (χ1n) is 5.21. The molecule has 1 aromatic carbocycles. The summed E-state index contributed by atoms with van der Waals surface area (Å²) in [5.41, 5.74) is -0.631. The highest BCUT2D eigenvalue weighted by atomic mass is 19.2. The zero-order valence-electron chi connectivity index (χ0n) is 10.1. The fraction of sp³-hybridized carbons (Fsp3) is 0.167. The summed E-state index contributed by atoms with van der Waals surface area (Å²) in [5.74, 6) is -5.30. The van der Waals surface area contributed by atoms with Gasteiger partial charge in [-0.2, -0.15) is 5.10 Å². The van der Waals surface area contributed by atoms with Gasteiger partial charge in [-0.05, 0) is 12.1 Å². The van der Waals surface area contributed by atoms with E-state index in [0.717, 1.165) is 6.07 Å². The molecule has 1 aromatic heterocycles. The number of halogens is 3. The van der Waals surface area contributed by atoms with Gasteiger partial charge >= 0.3 is 0 Å². The third-order valence-electron chi connectivity index (χ3n) is 2.62.